The summed E-state index contributed by atoms with van der Waals surface area (Å²) < 4.78 is 5.41. The van der Waals surface area contributed by atoms with Crippen molar-refractivity contribution in [3.05, 3.63) is 54.1 Å². The Hall–Kier alpha value is -2.38. The molecule has 2 aromatic carbocycles. The fraction of sp³-hybridized carbons (Fsp3) is 0.263. The Balaban J connectivity index is 1.76. The van der Waals surface area contributed by atoms with Crippen molar-refractivity contribution in [2.24, 2.45) is 0 Å². The Morgan fingerprint density at radius 2 is 1.31 bits per heavy atom. The van der Waals surface area contributed by atoms with Crippen molar-refractivity contribution in [3.8, 4) is 5.75 Å². The molecule has 0 amide bonds. The van der Waals surface area contributed by atoms with Gasteiger partial charge >= 0.3 is 0 Å². The summed E-state index contributed by atoms with van der Waals surface area (Å²) in [6.07, 6.45) is 0. The molecule has 0 atom stereocenters. The van der Waals surface area contributed by atoms with Crippen molar-refractivity contribution in [2.75, 3.05) is 17.2 Å². The first kappa shape index (κ1) is 19.9. The fourth-order valence-electron chi connectivity index (χ4n) is 2.19. The summed E-state index contributed by atoms with van der Waals surface area (Å²) in [5.74, 6) is 1.32. The van der Waals surface area contributed by atoms with Gasteiger partial charge in [-0.3, -0.25) is 10.9 Å². The van der Waals surface area contributed by atoms with Crippen LogP contribution >= 0.6 is 24.4 Å². The monoisotopic (exact) mass is 388 g/mol. The minimum atomic E-state index is 0.411. The van der Waals surface area contributed by atoms with Crippen LogP contribution in [0.25, 0.3) is 0 Å². The van der Waals surface area contributed by atoms with E-state index in [9.17, 15) is 0 Å². The van der Waals surface area contributed by atoms with E-state index in [2.05, 4.69) is 47.5 Å². The summed E-state index contributed by atoms with van der Waals surface area (Å²) in [6, 6.07) is 15.7. The van der Waals surface area contributed by atoms with Crippen molar-refractivity contribution in [1.82, 2.24) is 10.9 Å². The molecule has 0 bridgehead atoms. The molecule has 0 saturated heterocycles. The van der Waals surface area contributed by atoms with Gasteiger partial charge in [-0.2, -0.15) is 0 Å². The molecule has 0 aromatic heterocycles. The van der Waals surface area contributed by atoms with Crippen molar-refractivity contribution >= 4 is 46.0 Å². The SMILES string of the molecule is CCOc1ccc(NC(=S)NNC(=S)Nc2ccc(C(C)C)cc2)cc1. The molecule has 0 heterocycles. The van der Waals surface area contributed by atoms with E-state index in [1.807, 2.05) is 43.3 Å². The molecule has 138 valence electrons. The highest BCUT2D eigenvalue weighted by atomic mass is 32.1. The van der Waals surface area contributed by atoms with Crippen molar-refractivity contribution in [3.63, 3.8) is 0 Å². The minimum Gasteiger partial charge on any atom is -0.494 e. The molecule has 2 rings (SSSR count). The van der Waals surface area contributed by atoms with Crippen LogP contribution in [0.2, 0.25) is 0 Å². The summed E-state index contributed by atoms with van der Waals surface area (Å²) in [6.45, 7) is 6.92. The molecule has 5 nitrogen and oxygen atoms in total. The zero-order chi connectivity index (χ0) is 18.9. The Morgan fingerprint density at radius 1 is 0.846 bits per heavy atom. The van der Waals surface area contributed by atoms with E-state index in [4.69, 9.17) is 29.2 Å². The maximum Gasteiger partial charge on any atom is 0.189 e. The van der Waals surface area contributed by atoms with Gasteiger partial charge in [0, 0.05) is 11.4 Å². The van der Waals surface area contributed by atoms with E-state index >= 15 is 0 Å². The summed E-state index contributed by atoms with van der Waals surface area (Å²) in [5, 5.41) is 7.01. The van der Waals surface area contributed by atoms with Gasteiger partial charge in [0.05, 0.1) is 6.61 Å². The third-order valence-electron chi connectivity index (χ3n) is 3.55. The Labute approximate surface area is 165 Å². The van der Waals surface area contributed by atoms with Crippen molar-refractivity contribution in [1.29, 1.82) is 0 Å². The average Bonchev–Trinajstić information content (AvgIpc) is 2.62. The van der Waals surface area contributed by atoms with Crippen molar-refractivity contribution < 1.29 is 4.74 Å². The second kappa shape index (κ2) is 9.94. The number of hydrogen-bond acceptors (Lipinski definition) is 3. The van der Waals surface area contributed by atoms with Gasteiger partial charge in [0.15, 0.2) is 10.2 Å². The van der Waals surface area contributed by atoms with E-state index in [-0.39, 0.29) is 0 Å². The fourth-order valence-corrected chi connectivity index (χ4v) is 2.53. The summed E-state index contributed by atoms with van der Waals surface area (Å²) in [4.78, 5) is 0. The maximum atomic E-state index is 5.41. The van der Waals surface area contributed by atoms with Gasteiger partial charge in [-0.1, -0.05) is 26.0 Å². The van der Waals surface area contributed by atoms with Gasteiger partial charge in [-0.05, 0) is 79.2 Å². The van der Waals surface area contributed by atoms with Crippen LogP contribution < -0.4 is 26.2 Å². The zero-order valence-corrected chi connectivity index (χ0v) is 16.8. The van der Waals surface area contributed by atoms with Crippen LogP contribution in [0.4, 0.5) is 11.4 Å². The number of thiocarbonyl (C=S) groups is 2. The number of nitrogens with one attached hydrogen (secondary N) is 4. The Morgan fingerprint density at radius 3 is 1.73 bits per heavy atom. The smallest absolute Gasteiger partial charge is 0.189 e. The van der Waals surface area contributed by atoms with E-state index in [0.29, 0.717) is 22.7 Å². The predicted octanol–water partition coefficient (Wildman–Crippen LogP) is 4.40. The highest BCUT2D eigenvalue weighted by Gasteiger charge is 2.02. The van der Waals surface area contributed by atoms with Gasteiger partial charge in [0.2, 0.25) is 0 Å². The normalized spacial score (nSPS) is 10.2. The predicted molar refractivity (Wildman–Crippen MR) is 117 cm³/mol. The number of benzene rings is 2. The van der Waals surface area contributed by atoms with Crippen LogP contribution in [0.1, 0.15) is 32.3 Å². The molecule has 0 aliphatic rings. The third kappa shape index (κ3) is 6.50. The van der Waals surface area contributed by atoms with Crippen LogP contribution in [0, 0.1) is 0 Å². The number of hydrogen-bond donors (Lipinski definition) is 4. The van der Waals surface area contributed by atoms with Gasteiger partial charge < -0.3 is 15.4 Å². The van der Waals surface area contributed by atoms with E-state index in [0.717, 1.165) is 17.1 Å². The molecule has 26 heavy (non-hydrogen) atoms. The maximum absolute atomic E-state index is 5.41. The number of ether oxygens (including phenoxy) is 1. The molecule has 4 N–H and O–H groups in total. The Kier molecular flexibility index (Phi) is 7.62. The quantitative estimate of drug-likeness (QED) is 0.447. The first-order valence-corrected chi connectivity index (χ1v) is 9.26. The van der Waals surface area contributed by atoms with E-state index in [1.165, 1.54) is 5.56 Å². The summed E-state index contributed by atoms with van der Waals surface area (Å²) >= 11 is 10.5. The molecule has 0 aliphatic carbocycles. The van der Waals surface area contributed by atoms with Gasteiger partial charge in [0.25, 0.3) is 0 Å². The lowest BCUT2D eigenvalue weighted by atomic mass is 10.0. The zero-order valence-electron chi connectivity index (χ0n) is 15.1. The molecule has 0 aliphatic heterocycles. The minimum absolute atomic E-state index is 0.411. The van der Waals surface area contributed by atoms with E-state index < -0.39 is 0 Å². The largest absolute Gasteiger partial charge is 0.494 e. The lowest BCUT2D eigenvalue weighted by molar-refractivity contribution is 0.340. The standard InChI is InChI=1S/C19H24N4OS2/c1-4-24-17-11-9-16(10-12-17)21-19(26)23-22-18(25)20-15-7-5-14(6-8-15)13(2)3/h5-13H,4H2,1-3H3,(H2,20,22,25)(H2,21,23,26). The number of rotatable bonds is 5. The van der Waals surface area contributed by atoms with Crippen LogP contribution in [0.5, 0.6) is 5.75 Å². The molecular weight excluding hydrogens is 364 g/mol. The molecule has 0 fully saturated rings. The highest BCUT2D eigenvalue weighted by Crippen LogP contribution is 2.17. The van der Waals surface area contributed by atoms with E-state index in [1.54, 1.807) is 0 Å². The topological polar surface area (TPSA) is 57.4 Å². The number of hydrazine groups is 1. The van der Waals surface area contributed by atoms with Crippen LogP contribution in [-0.2, 0) is 0 Å². The molecular formula is C19H24N4OS2. The van der Waals surface area contributed by atoms with Crippen LogP contribution in [0.15, 0.2) is 48.5 Å². The number of anilines is 2. The first-order chi connectivity index (χ1) is 12.5. The van der Waals surface area contributed by atoms with Crippen molar-refractivity contribution in [2.45, 2.75) is 26.7 Å². The van der Waals surface area contributed by atoms with Gasteiger partial charge in [0.1, 0.15) is 5.75 Å². The summed E-state index contributed by atoms with van der Waals surface area (Å²) in [5.41, 5.74) is 8.78. The van der Waals surface area contributed by atoms with Crippen LogP contribution in [-0.4, -0.2) is 16.8 Å². The van der Waals surface area contributed by atoms with Gasteiger partial charge in [-0.15, -0.1) is 0 Å². The van der Waals surface area contributed by atoms with Gasteiger partial charge in [-0.25, -0.2) is 0 Å². The first-order valence-electron chi connectivity index (χ1n) is 8.44. The molecule has 0 spiro atoms. The molecule has 7 heteroatoms. The lowest BCUT2D eigenvalue weighted by Gasteiger charge is -2.15. The molecule has 0 unspecified atom stereocenters. The second-order valence-corrected chi connectivity index (χ2v) is 6.71. The van der Waals surface area contributed by atoms with Crippen LogP contribution in [0.3, 0.4) is 0 Å². The molecule has 2 aromatic rings. The third-order valence-corrected chi connectivity index (χ3v) is 3.96. The summed E-state index contributed by atoms with van der Waals surface area (Å²) in [7, 11) is 0. The Bertz CT molecular complexity index is 730. The average molecular weight is 389 g/mol. The highest BCUT2D eigenvalue weighted by molar-refractivity contribution is 7.81. The molecule has 0 radical (unpaired) electrons. The lowest BCUT2D eigenvalue weighted by Crippen LogP contribution is -2.45. The second-order valence-electron chi connectivity index (χ2n) is 5.89. The molecule has 0 saturated carbocycles.